The molecule has 0 fully saturated rings. The molecule has 1 aromatic rings. The smallest absolute Gasteiger partial charge is 0.119 e. The van der Waals surface area contributed by atoms with Crippen LogP contribution in [0.3, 0.4) is 0 Å². The molecule has 1 heteroatoms. The summed E-state index contributed by atoms with van der Waals surface area (Å²) >= 11 is 0. The Morgan fingerprint density at radius 1 is 0.933 bits per heavy atom. The van der Waals surface area contributed by atoms with Crippen LogP contribution < -0.4 is 0 Å². The third-order valence-electron chi connectivity index (χ3n) is 3.64. The van der Waals surface area contributed by atoms with Crippen molar-refractivity contribution in [3.63, 3.8) is 0 Å². The van der Waals surface area contributed by atoms with Crippen molar-refractivity contribution >= 4 is 6.08 Å². The number of hydrogen-bond donors (Lipinski definition) is 1. The standard InChI is InChI=1S/C14H16O/c15-14-9-10-5-1-2-6-11(10)12-7-3-4-8-13(12)14/h1,5,9,15H,2-4,6-8H2. The van der Waals surface area contributed by atoms with Crippen LogP contribution in [0.5, 0.6) is 5.75 Å². The fraction of sp³-hybridized carbons (Fsp3) is 0.429. The number of phenolic OH excluding ortho intramolecular Hbond substituents is 1. The Balaban J connectivity index is 2.23. The Morgan fingerprint density at radius 3 is 2.60 bits per heavy atom. The number of allylic oxidation sites excluding steroid dienone is 1. The van der Waals surface area contributed by atoms with E-state index in [-0.39, 0.29) is 0 Å². The van der Waals surface area contributed by atoms with E-state index in [0.29, 0.717) is 5.75 Å². The second-order valence-corrected chi connectivity index (χ2v) is 4.57. The Labute approximate surface area is 90.4 Å². The first-order chi connectivity index (χ1) is 7.36. The molecule has 1 N–H and O–H groups in total. The maximum atomic E-state index is 9.98. The molecule has 0 aliphatic heterocycles. The summed E-state index contributed by atoms with van der Waals surface area (Å²) in [6.45, 7) is 0. The fourth-order valence-electron chi connectivity index (χ4n) is 2.90. The van der Waals surface area contributed by atoms with Crippen LogP contribution in [0, 0.1) is 0 Å². The molecule has 78 valence electrons. The van der Waals surface area contributed by atoms with Crippen LogP contribution in [-0.4, -0.2) is 5.11 Å². The molecule has 0 bridgehead atoms. The number of benzene rings is 1. The van der Waals surface area contributed by atoms with Crippen LogP contribution >= 0.6 is 0 Å². The van der Waals surface area contributed by atoms with Crippen LogP contribution in [-0.2, 0) is 19.3 Å². The van der Waals surface area contributed by atoms with E-state index in [1.807, 2.05) is 6.07 Å². The van der Waals surface area contributed by atoms with E-state index in [0.717, 1.165) is 19.3 Å². The van der Waals surface area contributed by atoms with Gasteiger partial charge in [0.15, 0.2) is 0 Å². The summed E-state index contributed by atoms with van der Waals surface area (Å²) in [6.07, 6.45) is 11.4. The molecule has 1 aromatic carbocycles. The molecule has 2 aliphatic rings. The molecule has 0 amide bonds. The zero-order valence-corrected chi connectivity index (χ0v) is 8.92. The molecule has 0 unspecified atom stereocenters. The summed E-state index contributed by atoms with van der Waals surface area (Å²) in [6, 6.07) is 1.95. The maximum Gasteiger partial charge on any atom is 0.119 e. The predicted molar refractivity (Wildman–Crippen MR) is 62.1 cm³/mol. The van der Waals surface area contributed by atoms with Crippen molar-refractivity contribution in [3.05, 3.63) is 34.4 Å². The molecular formula is C14H16O. The van der Waals surface area contributed by atoms with Gasteiger partial charge in [-0.15, -0.1) is 0 Å². The Morgan fingerprint density at radius 2 is 1.73 bits per heavy atom. The van der Waals surface area contributed by atoms with Gasteiger partial charge in [0.25, 0.3) is 0 Å². The van der Waals surface area contributed by atoms with Gasteiger partial charge in [-0.1, -0.05) is 12.2 Å². The molecule has 0 radical (unpaired) electrons. The van der Waals surface area contributed by atoms with Crippen molar-refractivity contribution in [3.8, 4) is 5.75 Å². The first-order valence-electron chi connectivity index (χ1n) is 5.89. The summed E-state index contributed by atoms with van der Waals surface area (Å²) in [5, 5.41) is 9.98. The highest BCUT2D eigenvalue weighted by atomic mass is 16.3. The van der Waals surface area contributed by atoms with E-state index in [1.165, 1.54) is 41.5 Å². The minimum Gasteiger partial charge on any atom is -0.508 e. The third-order valence-corrected chi connectivity index (χ3v) is 3.64. The van der Waals surface area contributed by atoms with Crippen molar-refractivity contribution in [1.29, 1.82) is 0 Å². The number of rotatable bonds is 0. The topological polar surface area (TPSA) is 20.2 Å². The molecule has 1 nitrogen and oxygen atoms in total. The molecule has 2 aliphatic carbocycles. The number of fused-ring (bicyclic) bond motifs is 3. The predicted octanol–water partition coefficient (Wildman–Crippen LogP) is 3.23. The lowest BCUT2D eigenvalue weighted by Gasteiger charge is -2.24. The molecule has 0 saturated heterocycles. The highest BCUT2D eigenvalue weighted by Gasteiger charge is 2.20. The largest absolute Gasteiger partial charge is 0.508 e. The summed E-state index contributed by atoms with van der Waals surface area (Å²) in [5.74, 6) is 0.523. The quantitative estimate of drug-likeness (QED) is 0.681. The lowest BCUT2D eigenvalue weighted by Crippen LogP contribution is -2.09. The molecule has 3 rings (SSSR count). The molecular weight excluding hydrogens is 184 g/mol. The normalized spacial score (nSPS) is 18.4. The summed E-state index contributed by atoms with van der Waals surface area (Å²) in [7, 11) is 0. The molecule has 0 saturated carbocycles. The van der Waals surface area contributed by atoms with Gasteiger partial charge in [-0.3, -0.25) is 0 Å². The first-order valence-corrected chi connectivity index (χ1v) is 5.89. The van der Waals surface area contributed by atoms with E-state index >= 15 is 0 Å². The molecule has 0 aromatic heterocycles. The van der Waals surface area contributed by atoms with Crippen LogP contribution in [0.2, 0.25) is 0 Å². The Hall–Kier alpha value is -1.24. The number of aromatic hydroxyl groups is 1. The van der Waals surface area contributed by atoms with Gasteiger partial charge in [-0.05, 0) is 66.8 Å². The average molecular weight is 200 g/mol. The molecule has 15 heavy (non-hydrogen) atoms. The summed E-state index contributed by atoms with van der Waals surface area (Å²) in [5.41, 5.74) is 5.44. The number of hydrogen-bond acceptors (Lipinski definition) is 1. The van der Waals surface area contributed by atoms with Crippen LogP contribution in [0.4, 0.5) is 0 Å². The average Bonchev–Trinajstić information content (AvgIpc) is 2.30. The van der Waals surface area contributed by atoms with Gasteiger partial charge in [0.1, 0.15) is 5.75 Å². The third kappa shape index (κ3) is 1.38. The lowest BCUT2D eigenvalue weighted by molar-refractivity contribution is 0.461. The fourth-order valence-corrected chi connectivity index (χ4v) is 2.90. The van der Waals surface area contributed by atoms with Gasteiger partial charge in [0, 0.05) is 0 Å². The Kier molecular flexibility index (Phi) is 2.05. The van der Waals surface area contributed by atoms with Gasteiger partial charge in [-0.2, -0.15) is 0 Å². The van der Waals surface area contributed by atoms with Gasteiger partial charge in [-0.25, -0.2) is 0 Å². The van der Waals surface area contributed by atoms with Crippen molar-refractivity contribution in [2.75, 3.05) is 0 Å². The second kappa shape index (κ2) is 3.41. The van der Waals surface area contributed by atoms with E-state index in [4.69, 9.17) is 0 Å². The maximum absolute atomic E-state index is 9.98. The van der Waals surface area contributed by atoms with E-state index in [2.05, 4.69) is 12.2 Å². The van der Waals surface area contributed by atoms with Crippen molar-refractivity contribution in [2.45, 2.75) is 38.5 Å². The molecule has 0 atom stereocenters. The van der Waals surface area contributed by atoms with Gasteiger partial charge in [0.2, 0.25) is 0 Å². The number of phenols is 1. The van der Waals surface area contributed by atoms with Crippen molar-refractivity contribution in [1.82, 2.24) is 0 Å². The van der Waals surface area contributed by atoms with Gasteiger partial charge < -0.3 is 5.11 Å². The van der Waals surface area contributed by atoms with Crippen LogP contribution in [0.25, 0.3) is 6.08 Å². The van der Waals surface area contributed by atoms with Crippen molar-refractivity contribution in [2.24, 2.45) is 0 Å². The monoisotopic (exact) mass is 200 g/mol. The molecule has 0 heterocycles. The van der Waals surface area contributed by atoms with Gasteiger partial charge >= 0.3 is 0 Å². The summed E-state index contributed by atoms with van der Waals surface area (Å²) in [4.78, 5) is 0. The zero-order chi connectivity index (χ0) is 10.3. The first kappa shape index (κ1) is 9.02. The SMILES string of the molecule is Oc1cc2c(c3c1CCCC3)CCC=C2. The summed E-state index contributed by atoms with van der Waals surface area (Å²) < 4.78 is 0. The van der Waals surface area contributed by atoms with E-state index < -0.39 is 0 Å². The molecule has 0 spiro atoms. The Bertz CT molecular complexity index is 429. The van der Waals surface area contributed by atoms with E-state index in [9.17, 15) is 5.11 Å². The minimum atomic E-state index is 0.523. The highest BCUT2D eigenvalue weighted by Crippen LogP contribution is 2.36. The second-order valence-electron chi connectivity index (χ2n) is 4.57. The lowest BCUT2D eigenvalue weighted by atomic mass is 9.82. The van der Waals surface area contributed by atoms with E-state index in [1.54, 1.807) is 0 Å². The van der Waals surface area contributed by atoms with Gasteiger partial charge in [0.05, 0.1) is 0 Å². The zero-order valence-electron chi connectivity index (χ0n) is 8.92. The van der Waals surface area contributed by atoms with Crippen LogP contribution in [0.15, 0.2) is 12.1 Å². The van der Waals surface area contributed by atoms with Crippen molar-refractivity contribution < 1.29 is 5.11 Å². The minimum absolute atomic E-state index is 0.523. The highest BCUT2D eigenvalue weighted by molar-refractivity contribution is 5.63. The van der Waals surface area contributed by atoms with Crippen LogP contribution in [0.1, 0.15) is 41.5 Å².